The number of tetrazole rings is 1. The van der Waals surface area contributed by atoms with Crippen molar-refractivity contribution in [2.45, 2.75) is 31.2 Å². The van der Waals surface area contributed by atoms with Gasteiger partial charge in [-0.15, -0.1) is 5.10 Å². The van der Waals surface area contributed by atoms with Gasteiger partial charge in [0.2, 0.25) is 5.16 Å². The van der Waals surface area contributed by atoms with Crippen LogP contribution in [0.25, 0.3) is 5.69 Å². The number of Topliss-reactive ketones (excluding diaryl/α,β-unsaturated/α-hetero) is 1. The summed E-state index contributed by atoms with van der Waals surface area (Å²) in [6.07, 6.45) is 0. The number of carbonyl (C=O) groups excluding carboxylic acids is 1. The molecule has 0 fully saturated rings. The molecule has 6 heteroatoms. The van der Waals surface area contributed by atoms with Crippen LogP contribution in [0.3, 0.4) is 0 Å². The smallest absolute Gasteiger partial charge is 0.214 e. The lowest BCUT2D eigenvalue weighted by molar-refractivity contribution is 0.0994. The Balaban J connectivity index is 1.84. The van der Waals surface area contributed by atoms with E-state index in [1.807, 2.05) is 63.2 Å². The Bertz CT molecular complexity index is 860. The van der Waals surface area contributed by atoms with Gasteiger partial charge >= 0.3 is 0 Å². The molecule has 0 spiro atoms. The van der Waals surface area contributed by atoms with Crippen molar-refractivity contribution in [3.8, 4) is 5.69 Å². The van der Waals surface area contributed by atoms with Gasteiger partial charge in [0, 0.05) is 5.56 Å². The number of carbonyl (C=O) groups is 1. The minimum atomic E-state index is -0.275. The third-order valence-electron chi connectivity index (χ3n) is 3.73. The summed E-state index contributed by atoms with van der Waals surface area (Å²) in [6, 6.07) is 15.4. The van der Waals surface area contributed by atoms with Crippen LogP contribution in [0.4, 0.5) is 0 Å². The average Bonchev–Trinajstić information content (AvgIpc) is 3.03. The van der Waals surface area contributed by atoms with Crippen LogP contribution in [0.5, 0.6) is 0 Å². The number of aromatic nitrogens is 4. The van der Waals surface area contributed by atoms with E-state index in [0.29, 0.717) is 10.7 Å². The molecule has 1 atom stereocenters. The van der Waals surface area contributed by atoms with Crippen molar-refractivity contribution in [1.82, 2.24) is 20.2 Å². The SMILES string of the molecule is Cc1ccc(-n2nnnc2SC(C)C(=O)c2ccccc2)c(C)c1. The van der Waals surface area contributed by atoms with E-state index < -0.39 is 0 Å². The zero-order valence-corrected chi connectivity index (χ0v) is 14.6. The molecule has 3 rings (SSSR count). The number of rotatable bonds is 5. The average molecular weight is 338 g/mol. The van der Waals surface area contributed by atoms with Crippen molar-refractivity contribution >= 4 is 17.5 Å². The molecule has 0 aliphatic rings. The number of ketones is 1. The molecule has 0 aliphatic carbocycles. The van der Waals surface area contributed by atoms with Gasteiger partial charge in [-0.25, -0.2) is 0 Å². The maximum absolute atomic E-state index is 12.5. The molecule has 0 radical (unpaired) electrons. The Morgan fingerprint density at radius 2 is 1.88 bits per heavy atom. The van der Waals surface area contributed by atoms with E-state index in [9.17, 15) is 4.79 Å². The van der Waals surface area contributed by atoms with Gasteiger partial charge < -0.3 is 0 Å². The van der Waals surface area contributed by atoms with E-state index in [0.717, 1.165) is 11.3 Å². The van der Waals surface area contributed by atoms with E-state index in [1.165, 1.54) is 17.3 Å². The van der Waals surface area contributed by atoms with Crippen LogP contribution >= 0.6 is 11.8 Å². The second kappa shape index (κ2) is 6.97. The highest BCUT2D eigenvalue weighted by molar-refractivity contribution is 8.00. The fraction of sp³-hybridized carbons (Fsp3) is 0.222. The first-order valence-corrected chi connectivity index (χ1v) is 8.56. The van der Waals surface area contributed by atoms with E-state index in [1.54, 1.807) is 4.68 Å². The molecular weight excluding hydrogens is 320 g/mol. The van der Waals surface area contributed by atoms with Crippen molar-refractivity contribution in [3.63, 3.8) is 0 Å². The number of nitrogens with zero attached hydrogens (tertiary/aromatic N) is 4. The molecule has 1 aromatic heterocycles. The molecule has 0 saturated heterocycles. The lowest BCUT2D eigenvalue weighted by Crippen LogP contribution is -2.14. The molecule has 5 nitrogen and oxygen atoms in total. The van der Waals surface area contributed by atoms with E-state index in [-0.39, 0.29) is 11.0 Å². The second-order valence-corrected chi connectivity index (χ2v) is 6.96. The Morgan fingerprint density at radius 1 is 1.12 bits per heavy atom. The van der Waals surface area contributed by atoms with Crippen LogP contribution in [0.1, 0.15) is 28.4 Å². The summed E-state index contributed by atoms with van der Waals surface area (Å²) in [4.78, 5) is 12.5. The zero-order valence-electron chi connectivity index (χ0n) is 13.8. The summed E-state index contributed by atoms with van der Waals surface area (Å²) in [7, 11) is 0. The van der Waals surface area contributed by atoms with Gasteiger partial charge in [-0.05, 0) is 42.8 Å². The van der Waals surface area contributed by atoms with Crippen LogP contribution in [-0.2, 0) is 0 Å². The summed E-state index contributed by atoms with van der Waals surface area (Å²) in [5.41, 5.74) is 3.90. The van der Waals surface area contributed by atoms with E-state index >= 15 is 0 Å². The summed E-state index contributed by atoms with van der Waals surface area (Å²) in [5, 5.41) is 12.3. The minimum Gasteiger partial charge on any atom is -0.293 e. The van der Waals surface area contributed by atoms with Gasteiger partial charge in [0.05, 0.1) is 10.9 Å². The largest absolute Gasteiger partial charge is 0.293 e. The molecule has 0 N–H and O–H groups in total. The molecule has 3 aromatic rings. The molecule has 1 heterocycles. The Morgan fingerprint density at radius 3 is 2.58 bits per heavy atom. The summed E-state index contributed by atoms with van der Waals surface area (Å²) in [5.74, 6) is 0.0655. The van der Waals surface area contributed by atoms with E-state index in [4.69, 9.17) is 0 Å². The van der Waals surface area contributed by atoms with Gasteiger partial charge in [0.25, 0.3) is 0 Å². The fourth-order valence-corrected chi connectivity index (χ4v) is 3.37. The fourth-order valence-electron chi connectivity index (χ4n) is 2.50. The maximum Gasteiger partial charge on any atom is 0.214 e. The van der Waals surface area contributed by atoms with Crippen molar-refractivity contribution < 1.29 is 4.79 Å². The third kappa shape index (κ3) is 3.38. The number of hydrogen-bond acceptors (Lipinski definition) is 5. The standard InChI is InChI=1S/C18H18N4OS/c1-12-9-10-16(13(2)11-12)22-18(19-20-21-22)24-14(3)17(23)15-7-5-4-6-8-15/h4-11,14H,1-3H3. The summed E-state index contributed by atoms with van der Waals surface area (Å²) in [6.45, 7) is 5.95. The number of hydrogen-bond donors (Lipinski definition) is 0. The van der Waals surface area contributed by atoms with Crippen LogP contribution < -0.4 is 0 Å². The first kappa shape index (κ1) is 16.4. The van der Waals surface area contributed by atoms with E-state index in [2.05, 4.69) is 21.6 Å². The van der Waals surface area contributed by atoms with Crippen molar-refractivity contribution in [1.29, 1.82) is 0 Å². The predicted octanol–water partition coefficient (Wildman–Crippen LogP) is 3.64. The van der Waals surface area contributed by atoms with Crippen LogP contribution in [0.15, 0.2) is 53.7 Å². The molecule has 122 valence electrons. The zero-order chi connectivity index (χ0) is 17.1. The monoisotopic (exact) mass is 338 g/mol. The van der Waals surface area contributed by atoms with Gasteiger partial charge in [-0.3, -0.25) is 4.79 Å². The molecule has 0 aliphatic heterocycles. The molecular formula is C18H18N4OS. The van der Waals surface area contributed by atoms with Crippen molar-refractivity contribution in [3.05, 3.63) is 65.2 Å². The molecule has 0 saturated carbocycles. The first-order valence-electron chi connectivity index (χ1n) is 7.68. The quantitative estimate of drug-likeness (QED) is 0.525. The first-order chi connectivity index (χ1) is 11.6. The lowest BCUT2D eigenvalue weighted by Gasteiger charge is -2.11. The molecule has 1 unspecified atom stereocenters. The number of aryl methyl sites for hydroxylation is 2. The lowest BCUT2D eigenvalue weighted by atomic mass is 10.1. The predicted molar refractivity (Wildman–Crippen MR) is 94.7 cm³/mol. The maximum atomic E-state index is 12.5. The number of benzene rings is 2. The van der Waals surface area contributed by atoms with Crippen LogP contribution in [0, 0.1) is 13.8 Å². The Hall–Kier alpha value is -2.47. The van der Waals surface area contributed by atoms with Crippen LogP contribution in [-0.4, -0.2) is 31.2 Å². The van der Waals surface area contributed by atoms with Crippen molar-refractivity contribution in [2.75, 3.05) is 0 Å². The highest BCUT2D eigenvalue weighted by Gasteiger charge is 2.20. The van der Waals surface area contributed by atoms with Crippen molar-refractivity contribution in [2.24, 2.45) is 0 Å². The summed E-state index contributed by atoms with van der Waals surface area (Å²) < 4.78 is 1.69. The second-order valence-electron chi connectivity index (χ2n) is 5.65. The topological polar surface area (TPSA) is 60.7 Å². The Kier molecular flexibility index (Phi) is 4.76. The van der Waals surface area contributed by atoms with Crippen LogP contribution in [0.2, 0.25) is 0 Å². The molecule has 24 heavy (non-hydrogen) atoms. The molecule has 0 bridgehead atoms. The normalized spacial score (nSPS) is 12.1. The highest BCUT2D eigenvalue weighted by Crippen LogP contribution is 2.26. The minimum absolute atomic E-state index is 0.0655. The summed E-state index contributed by atoms with van der Waals surface area (Å²) >= 11 is 1.36. The number of thioether (sulfide) groups is 1. The highest BCUT2D eigenvalue weighted by atomic mass is 32.2. The van der Waals surface area contributed by atoms with Gasteiger partial charge in [0.1, 0.15) is 0 Å². The molecule has 2 aromatic carbocycles. The third-order valence-corrected chi connectivity index (χ3v) is 4.76. The van der Waals surface area contributed by atoms with Gasteiger partial charge in [-0.1, -0.05) is 59.8 Å². The Labute approximate surface area is 145 Å². The van der Waals surface area contributed by atoms with Gasteiger partial charge in [-0.2, -0.15) is 4.68 Å². The molecule has 0 amide bonds. The van der Waals surface area contributed by atoms with Gasteiger partial charge in [0.15, 0.2) is 5.78 Å².